The van der Waals surface area contributed by atoms with Crippen molar-refractivity contribution in [2.75, 3.05) is 19.0 Å². The van der Waals surface area contributed by atoms with Crippen molar-refractivity contribution in [2.24, 2.45) is 0 Å². The number of rotatable bonds is 5. The van der Waals surface area contributed by atoms with Gasteiger partial charge in [-0.2, -0.15) is 0 Å². The quantitative estimate of drug-likeness (QED) is 0.870. The van der Waals surface area contributed by atoms with Crippen LogP contribution in [-0.2, 0) is 0 Å². The molecule has 0 fully saturated rings. The van der Waals surface area contributed by atoms with Gasteiger partial charge in [0.2, 0.25) is 0 Å². The maximum Gasteiger partial charge on any atom is 0.124 e. The lowest BCUT2D eigenvalue weighted by molar-refractivity contribution is 0.187. The highest BCUT2D eigenvalue weighted by atomic mass is 79.9. The van der Waals surface area contributed by atoms with E-state index in [-0.39, 0.29) is 0 Å². The van der Waals surface area contributed by atoms with Crippen LogP contribution in [0.4, 0.5) is 5.69 Å². The van der Waals surface area contributed by atoms with Gasteiger partial charge in [0.05, 0.1) is 13.2 Å². The van der Waals surface area contributed by atoms with Crippen LogP contribution in [0.1, 0.15) is 17.2 Å². The third-order valence-corrected chi connectivity index (χ3v) is 3.56. The summed E-state index contributed by atoms with van der Waals surface area (Å²) in [6.45, 7) is 2.42. The molecule has 0 aliphatic carbocycles. The first-order valence-corrected chi connectivity index (χ1v) is 7.21. The predicted molar refractivity (Wildman–Crippen MR) is 85.3 cm³/mol. The lowest BCUT2D eigenvalue weighted by atomic mass is 10.1. The van der Waals surface area contributed by atoms with Crippen molar-refractivity contribution >= 4 is 21.6 Å². The number of methoxy groups -OCH3 is 1. The molecule has 1 unspecified atom stereocenters. The summed E-state index contributed by atoms with van der Waals surface area (Å²) < 4.78 is 6.30. The zero-order chi connectivity index (χ0) is 14.5. The van der Waals surface area contributed by atoms with Gasteiger partial charge in [-0.15, -0.1) is 0 Å². The number of aliphatic hydroxyl groups is 1. The standard InChI is InChI=1S/C16H18BrNO2/c1-11-6-7-16(20-2)14(8-11)15(19)10-18-13-5-3-4-12(17)9-13/h3-9,15,18-19H,10H2,1-2H3. The summed E-state index contributed by atoms with van der Waals surface area (Å²) in [4.78, 5) is 0. The number of hydrogen-bond acceptors (Lipinski definition) is 3. The Morgan fingerprint density at radius 1 is 1.25 bits per heavy atom. The van der Waals surface area contributed by atoms with E-state index in [4.69, 9.17) is 4.74 Å². The molecule has 2 aromatic carbocycles. The highest BCUT2D eigenvalue weighted by Gasteiger charge is 2.13. The maximum atomic E-state index is 10.3. The van der Waals surface area contributed by atoms with Gasteiger partial charge in [-0.05, 0) is 37.3 Å². The van der Waals surface area contributed by atoms with E-state index in [1.807, 2.05) is 49.4 Å². The van der Waals surface area contributed by atoms with Crippen LogP contribution in [0.25, 0.3) is 0 Å². The van der Waals surface area contributed by atoms with Crippen molar-refractivity contribution in [1.29, 1.82) is 0 Å². The fourth-order valence-corrected chi connectivity index (χ4v) is 2.44. The minimum absolute atomic E-state index is 0.427. The minimum Gasteiger partial charge on any atom is -0.496 e. The van der Waals surface area contributed by atoms with E-state index in [1.54, 1.807) is 7.11 Å². The molecule has 4 heteroatoms. The molecule has 0 aliphatic heterocycles. The molecule has 0 aromatic heterocycles. The van der Waals surface area contributed by atoms with Crippen LogP contribution in [0.2, 0.25) is 0 Å². The van der Waals surface area contributed by atoms with Crippen LogP contribution in [-0.4, -0.2) is 18.8 Å². The molecule has 3 nitrogen and oxygen atoms in total. The largest absolute Gasteiger partial charge is 0.496 e. The number of nitrogens with one attached hydrogen (secondary N) is 1. The second-order valence-corrected chi connectivity index (χ2v) is 5.57. The Labute approximate surface area is 127 Å². The SMILES string of the molecule is COc1ccc(C)cc1C(O)CNc1cccc(Br)c1. The molecule has 2 rings (SSSR count). The molecule has 20 heavy (non-hydrogen) atoms. The summed E-state index contributed by atoms with van der Waals surface area (Å²) >= 11 is 3.42. The first-order chi connectivity index (χ1) is 9.60. The third-order valence-electron chi connectivity index (χ3n) is 3.07. The normalized spacial score (nSPS) is 12.0. The van der Waals surface area contributed by atoms with E-state index in [0.717, 1.165) is 21.3 Å². The van der Waals surface area contributed by atoms with Crippen molar-refractivity contribution < 1.29 is 9.84 Å². The number of anilines is 1. The van der Waals surface area contributed by atoms with Gasteiger partial charge < -0.3 is 15.2 Å². The van der Waals surface area contributed by atoms with Crippen molar-refractivity contribution in [3.63, 3.8) is 0 Å². The molecule has 0 aliphatic rings. The van der Waals surface area contributed by atoms with Crippen LogP contribution in [0, 0.1) is 6.92 Å². The molecule has 0 amide bonds. The number of benzene rings is 2. The Hall–Kier alpha value is -1.52. The molecule has 0 bridgehead atoms. The predicted octanol–water partition coefficient (Wildman–Crippen LogP) is 3.91. The van der Waals surface area contributed by atoms with Gasteiger partial charge in [0.15, 0.2) is 0 Å². The first kappa shape index (κ1) is 14.9. The summed E-state index contributed by atoms with van der Waals surface area (Å²) in [5.41, 5.74) is 2.86. The molecule has 2 aromatic rings. The smallest absolute Gasteiger partial charge is 0.124 e. The third kappa shape index (κ3) is 3.74. The molecule has 0 spiro atoms. The topological polar surface area (TPSA) is 41.5 Å². The van der Waals surface area contributed by atoms with Crippen molar-refractivity contribution in [1.82, 2.24) is 0 Å². The Bertz CT molecular complexity index is 586. The monoisotopic (exact) mass is 335 g/mol. The summed E-state index contributed by atoms with van der Waals surface area (Å²) in [5.74, 6) is 0.708. The highest BCUT2D eigenvalue weighted by Crippen LogP contribution is 2.26. The number of aryl methyl sites for hydroxylation is 1. The van der Waals surface area contributed by atoms with E-state index in [2.05, 4.69) is 21.2 Å². The highest BCUT2D eigenvalue weighted by molar-refractivity contribution is 9.10. The first-order valence-electron chi connectivity index (χ1n) is 6.42. The lowest BCUT2D eigenvalue weighted by Crippen LogP contribution is -2.13. The van der Waals surface area contributed by atoms with Crippen LogP contribution in [0.15, 0.2) is 46.9 Å². The van der Waals surface area contributed by atoms with Crippen molar-refractivity contribution in [2.45, 2.75) is 13.0 Å². The minimum atomic E-state index is -0.621. The Morgan fingerprint density at radius 2 is 2.05 bits per heavy atom. The average Bonchev–Trinajstić information content (AvgIpc) is 2.45. The number of halogens is 1. The lowest BCUT2D eigenvalue weighted by Gasteiger charge is -2.17. The molecular weight excluding hydrogens is 318 g/mol. The Balaban J connectivity index is 2.08. The second kappa shape index (κ2) is 6.77. The van der Waals surface area contributed by atoms with E-state index in [0.29, 0.717) is 12.3 Å². The number of ether oxygens (including phenoxy) is 1. The molecular formula is C16H18BrNO2. The van der Waals surface area contributed by atoms with E-state index in [1.165, 1.54) is 0 Å². The molecule has 1 atom stereocenters. The summed E-state index contributed by atoms with van der Waals surface area (Å²) in [6, 6.07) is 13.7. The van der Waals surface area contributed by atoms with Crippen LogP contribution in [0.3, 0.4) is 0 Å². The zero-order valence-corrected chi connectivity index (χ0v) is 13.1. The summed E-state index contributed by atoms with van der Waals surface area (Å²) in [6.07, 6.45) is -0.621. The van der Waals surface area contributed by atoms with Gasteiger partial charge in [-0.1, -0.05) is 33.6 Å². The van der Waals surface area contributed by atoms with Crippen LogP contribution >= 0.6 is 15.9 Å². The van der Waals surface area contributed by atoms with Crippen LogP contribution < -0.4 is 10.1 Å². The van der Waals surface area contributed by atoms with Gasteiger partial charge in [0, 0.05) is 22.3 Å². The maximum absolute atomic E-state index is 10.3. The number of aliphatic hydroxyl groups excluding tert-OH is 1. The van der Waals surface area contributed by atoms with Crippen molar-refractivity contribution in [3.05, 3.63) is 58.1 Å². The Kier molecular flexibility index (Phi) is 5.04. The molecule has 0 heterocycles. The van der Waals surface area contributed by atoms with Gasteiger partial charge in [-0.3, -0.25) is 0 Å². The Morgan fingerprint density at radius 3 is 2.75 bits per heavy atom. The van der Waals surface area contributed by atoms with E-state index < -0.39 is 6.10 Å². The van der Waals surface area contributed by atoms with Gasteiger partial charge in [-0.25, -0.2) is 0 Å². The summed E-state index contributed by atoms with van der Waals surface area (Å²) in [7, 11) is 1.61. The summed E-state index contributed by atoms with van der Waals surface area (Å²) in [5, 5.41) is 13.6. The van der Waals surface area contributed by atoms with Crippen LogP contribution in [0.5, 0.6) is 5.75 Å². The number of hydrogen-bond donors (Lipinski definition) is 2. The zero-order valence-electron chi connectivity index (χ0n) is 11.6. The van der Waals surface area contributed by atoms with E-state index >= 15 is 0 Å². The molecule has 0 radical (unpaired) electrons. The fraction of sp³-hybridized carbons (Fsp3) is 0.250. The van der Waals surface area contributed by atoms with E-state index in [9.17, 15) is 5.11 Å². The fourth-order valence-electron chi connectivity index (χ4n) is 2.04. The van der Waals surface area contributed by atoms with Gasteiger partial charge >= 0.3 is 0 Å². The van der Waals surface area contributed by atoms with Gasteiger partial charge in [0.1, 0.15) is 5.75 Å². The average molecular weight is 336 g/mol. The van der Waals surface area contributed by atoms with Gasteiger partial charge in [0.25, 0.3) is 0 Å². The van der Waals surface area contributed by atoms with Crippen molar-refractivity contribution in [3.8, 4) is 5.75 Å². The molecule has 0 saturated heterocycles. The second-order valence-electron chi connectivity index (χ2n) is 4.65. The molecule has 0 saturated carbocycles. The molecule has 106 valence electrons. The molecule has 2 N–H and O–H groups in total.